The van der Waals surface area contributed by atoms with Gasteiger partial charge < -0.3 is 10.6 Å². The van der Waals surface area contributed by atoms with Gasteiger partial charge in [-0.3, -0.25) is 9.69 Å². The van der Waals surface area contributed by atoms with E-state index >= 15 is 0 Å². The highest BCUT2D eigenvalue weighted by molar-refractivity contribution is 5.82. The SMILES string of the molecule is CC1CCN(C)C(=O)C(CN)N1C. The average Bonchev–Trinajstić information content (AvgIpc) is 2.20. The van der Waals surface area contributed by atoms with Crippen molar-refractivity contribution in [2.75, 3.05) is 27.2 Å². The van der Waals surface area contributed by atoms with Crippen LogP contribution in [-0.4, -0.2) is 55.0 Å². The number of amides is 1. The molecular formula is C9H19N3O. The van der Waals surface area contributed by atoms with Crippen molar-refractivity contribution in [2.24, 2.45) is 5.73 Å². The van der Waals surface area contributed by atoms with Crippen molar-refractivity contribution in [3.8, 4) is 0 Å². The molecule has 1 saturated heterocycles. The van der Waals surface area contributed by atoms with E-state index in [1.54, 1.807) is 4.90 Å². The zero-order valence-electron chi connectivity index (χ0n) is 8.66. The van der Waals surface area contributed by atoms with Crippen LogP contribution in [0.5, 0.6) is 0 Å². The molecule has 2 atom stereocenters. The van der Waals surface area contributed by atoms with Gasteiger partial charge in [0.2, 0.25) is 5.91 Å². The van der Waals surface area contributed by atoms with Gasteiger partial charge in [-0.15, -0.1) is 0 Å². The Morgan fingerprint density at radius 1 is 1.54 bits per heavy atom. The first-order chi connectivity index (χ1) is 6.07. The van der Waals surface area contributed by atoms with Gasteiger partial charge in [0.15, 0.2) is 0 Å². The maximum atomic E-state index is 11.7. The van der Waals surface area contributed by atoms with E-state index in [-0.39, 0.29) is 11.9 Å². The quantitative estimate of drug-likeness (QED) is 0.599. The van der Waals surface area contributed by atoms with Crippen molar-refractivity contribution in [3.63, 3.8) is 0 Å². The maximum Gasteiger partial charge on any atom is 0.240 e. The highest BCUT2D eigenvalue weighted by Crippen LogP contribution is 2.13. The number of likely N-dealkylation sites (N-methyl/N-ethyl adjacent to an activating group) is 2. The van der Waals surface area contributed by atoms with Crippen molar-refractivity contribution in [2.45, 2.75) is 25.4 Å². The molecule has 4 heteroatoms. The maximum absolute atomic E-state index is 11.7. The molecule has 1 amide bonds. The van der Waals surface area contributed by atoms with Crippen LogP contribution in [0, 0.1) is 0 Å². The zero-order chi connectivity index (χ0) is 10.0. The highest BCUT2D eigenvalue weighted by Gasteiger charge is 2.30. The van der Waals surface area contributed by atoms with Crippen LogP contribution in [0.4, 0.5) is 0 Å². The molecule has 4 nitrogen and oxygen atoms in total. The Hall–Kier alpha value is -0.610. The lowest BCUT2D eigenvalue weighted by atomic mass is 10.2. The summed E-state index contributed by atoms with van der Waals surface area (Å²) in [6, 6.07) is 0.296. The standard InChI is InChI=1S/C9H19N3O/c1-7-4-5-11(2)9(13)8(6-10)12(7)3/h7-8H,4-6,10H2,1-3H3. The van der Waals surface area contributed by atoms with Crippen LogP contribution < -0.4 is 5.73 Å². The molecule has 0 bridgehead atoms. The molecule has 13 heavy (non-hydrogen) atoms. The van der Waals surface area contributed by atoms with Gasteiger partial charge in [-0.05, 0) is 20.4 Å². The van der Waals surface area contributed by atoms with Crippen molar-refractivity contribution in [1.29, 1.82) is 0 Å². The van der Waals surface area contributed by atoms with E-state index in [4.69, 9.17) is 5.73 Å². The normalized spacial score (nSPS) is 32.0. The van der Waals surface area contributed by atoms with Gasteiger partial charge in [0, 0.05) is 26.2 Å². The summed E-state index contributed by atoms with van der Waals surface area (Å²) in [5.74, 6) is 0.148. The lowest BCUT2D eigenvalue weighted by Crippen LogP contribution is -2.49. The number of hydrogen-bond acceptors (Lipinski definition) is 3. The molecule has 76 valence electrons. The lowest BCUT2D eigenvalue weighted by Gasteiger charge is -2.28. The predicted molar refractivity (Wildman–Crippen MR) is 52.3 cm³/mol. The van der Waals surface area contributed by atoms with Crippen LogP contribution >= 0.6 is 0 Å². The largest absolute Gasteiger partial charge is 0.344 e. The minimum absolute atomic E-state index is 0.137. The summed E-state index contributed by atoms with van der Waals surface area (Å²) in [6.07, 6.45) is 1.02. The second kappa shape index (κ2) is 4.07. The van der Waals surface area contributed by atoms with Crippen LogP contribution in [-0.2, 0) is 4.79 Å². The number of carbonyl (C=O) groups is 1. The molecular weight excluding hydrogens is 166 g/mol. The van der Waals surface area contributed by atoms with Crippen molar-refractivity contribution in [1.82, 2.24) is 9.80 Å². The number of rotatable bonds is 1. The molecule has 0 radical (unpaired) electrons. The number of nitrogens with two attached hydrogens (primary N) is 1. The fourth-order valence-corrected chi connectivity index (χ4v) is 1.70. The topological polar surface area (TPSA) is 49.6 Å². The van der Waals surface area contributed by atoms with Gasteiger partial charge in [0.1, 0.15) is 6.04 Å². The van der Waals surface area contributed by atoms with E-state index in [0.717, 1.165) is 13.0 Å². The average molecular weight is 185 g/mol. The van der Waals surface area contributed by atoms with Crippen LogP contribution in [0.15, 0.2) is 0 Å². The first-order valence-electron chi connectivity index (χ1n) is 4.75. The number of carbonyl (C=O) groups excluding carboxylic acids is 1. The summed E-state index contributed by atoms with van der Waals surface area (Å²) in [5, 5.41) is 0. The Balaban J connectivity index is 2.80. The summed E-state index contributed by atoms with van der Waals surface area (Å²) < 4.78 is 0. The predicted octanol–water partition coefficient (Wildman–Crippen LogP) is -0.504. The van der Waals surface area contributed by atoms with E-state index in [2.05, 4.69) is 11.8 Å². The van der Waals surface area contributed by atoms with Gasteiger partial charge >= 0.3 is 0 Å². The molecule has 1 aliphatic heterocycles. The third kappa shape index (κ3) is 2.00. The molecule has 0 aromatic carbocycles. The van der Waals surface area contributed by atoms with E-state index < -0.39 is 0 Å². The Morgan fingerprint density at radius 2 is 2.15 bits per heavy atom. The molecule has 2 unspecified atom stereocenters. The molecule has 1 aliphatic rings. The van der Waals surface area contributed by atoms with E-state index in [9.17, 15) is 4.79 Å². The highest BCUT2D eigenvalue weighted by atomic mass is 16.2. The fourth-order valence-electron chi connectivity index (χ4n) is 1.70. The Labute approximate surface area is 79.7 Å². The van der Waals surface area contributed by atoms with Gasteiger partial charge in [0.25, 0.3) is 0 Å². The summed E-state index contributed by atoms with van der Waals surface area (Å²) in [4.78, 5) is 15.6. The Morgan fingerprint density at radius 3 is 2.69 bits per heavy atom. The third-order valence-corrected chi connectivity index (χ3v) is 2.95. The van der Waals surface area contributed by atoms with Crippen LogP contribution in [0.1, 0.15) is 13.3 Å². The minimum atomic E-state index is -0.137. The Kier molecular flexibility index (Phi) is 3.27. The number of nitrogens with zero attached hydrogens (tertiary/aromatic N) is 2. The Bertz CT molecular complexity index is 195. The summed E-state index contributed by atoms with van der Waals surface area (Å²) in [7, 11) is 3.82. The van der Waals surface area contributed by atoms with Gasteiger partial charge in [-0.2, -0.15) is 0 Å². The molecule has 2 N–H and O–H groups in total. The summed E-state index contributed by atoms with van der Waals surface area (Å²) >= 11 is 0. The van der Waals surface area contributed by atoms with E-state index in [1.165, 1.54) is 0 Å². The van der Waals surface area contributed by atoms with Crippen molar-refractivity contribution < 1.29 is 4.79 Å². The van der Waals surface area contributed by atoms with E-state index in [0.29, 0.717) is 12.6 Å². The van der Waals surface area contributed by atoms with E-state index in [1.807, 2.05) is 14.1 Å². The third-order valence-electron chi connectivity index (χ3n) is 2.95. The second-order valence-corrected chi connectivity index (χ2v) is 3.81. The zero-order valence-corrected chi connectivity index (χ0v) is 8.66. The molecule has 0 aromatic heterocycles. The molecule has 1 rings (SSSR count). The second-order valence-electron chi connectivity index (χ2n) is 3.81. The van der Waals surface area contributed by atoms with Crippen LogP contribution in [0.25, 0.3) is 0 Å². The molecule has 1 fully saturated rings. The van der Waals surface area contributed by atoms with Gasteiger partial charge in [-0.25, -0.2) is 0 Å². The van der Waals surface area contributed by atoms with Gasteiger partial charge in [0.05, 0.1) is 0 Å². The monoisotopic (exact) mass is 185 g/mol. The first-order valence-corrected chi connectivity index (χ1v) is 4.75. The van der Waals surface area contributed by atoms with Gasteiger partial charge in [-0.1, -0.05) is 0 Å². The van der Waals surface area contributed by atoms with Crippen molar-refractivity contribution in [3.05, 3.63) is 0 Å². The smallest absolute Gasteiger partial charge is 0.240 e. The molecule has 0 aliphatic carbocycles. The minimum Gasteiger partial charge on any atom is -0.344 e. The summed E-state index contributed by atoms with van der Waals surface area (Å²) in [6.45, 7) is 3.37. The van der Waals surface area contributed by atoms with Crippen LogP contribution in [0.2, 0.25) is 0 Å². The van der Waals surface area contributed by atoms with Crippen molar-refractivity contribution >= 4 is 5.91 Å². The summed E-state index contributed by atoms with van der Waals surface area (Å²) in [5.41, 5.74) is 5.59. The molecule has 0 spiro atoms. The molecule has 1 heterocycles. The lowest BCUT2D eigenvalue weighted by molar-refractivity contribution is -0.133. The molecule has 0 saturated carbocycles. The van der Waals surface area contributed by atoms with Crippen LogP contribution in [0.3, 0.4) is 0 Å². The number of hydrogen-bond donors (Lipinski definition) is 1. The molecule has 0 aromatic rings. The first kappa shape index (κ1) is 10.5. The fraction of sp³-hybridized carbons (Fsp3) is 0.889.